The Hall–Kier alpha value is -2.34. The van der Waals surface area contributed by atoms with E-state index in [1.54, 1.807) is 0 Å². The van der Waals surface area contributed by atoms with Gasteiger partial charge in [0.15, 0.2) is 10.8 Å². The van der Waals surface area contributed by atoms with E-state index in [1.165, 1.54) is 17.3 Å². The maximum Gasteiger partial charge on any atom is 0.234 e. The van der Waals surface area contributed by atoms with E-state index in [0.717, 1.165) is 17.8 Å². The molecule has 0 aliphatic rings. The fraction of sp³-hybridized carbons (Fsp3) is 0.278. The first-order valence-corrected chi connectivity index (χ1v) is 8.98. The van der Waals surface area contributed by atoms with E-state index in [4.69, 9.17) is 0 Å². The van der Waals surface area contributed by atoms with Crippen molar-refractivity contribution in [1.82, 2.24) is 14.6 Å². The van der Waals surface area contributed by atoms with Gasteiger partial charge in [-0.15, -0.1) is 10.2 Å². The van der Waals surface area contributed by atoms with Gasteiger partial charge < -0.3 is 5.32 Å². The molecule has 3 rings (SSSR count). The fourth-order valence-corrected chi connectivity index (χ4v) is 3.10. The molecule has 0 saturated carbocycles. The second-order valence-corrected chi connectivity index (χ2v) is 6.62. The van der Waals surface area contributed by atoms with E-state index in [9.17, 15) is 4.79 Å². The van der Waals surface area contributed by atoms with Crippen molar-refractivity contribution in [2.24, 2.45) is 0 Å². The van der Waals surface area contributed by atoms with Gasteiger partial charge in [0.1, 0.15) is 0 Å². The lowest BCUT2D eigenvalue weighted by Crippen LogP contribution is -2.14. The molecule has 124 valence electrons. The number of amides is 1. The SMILES string of the molecule is CC[C@@H](C)c1ccc(NC(=O)CSc2nnc3ccccn23)cc1. The van der Waals surface area contributed by atoms with Crippen LogP contribution in [-0.2, 0) is 4.79 Å². The summed E-state index contributed by atoms with van der Waals surface area (Å²) >= 11 is 1.37. The lowest BCUT2D eigenvalue weighted by atomic mass is 9.99. The number of fused-ring (bicyclic) bond motifs is 1. The van der Waals surface area contributed by atoms with Gasteiger partial charge in [-0.25, -0.2) is 0 Å². The van der Waals surface area contributed by atoms with Crippen LogP contribution in [-0.4, -0.2) is 26.3 Å². The predicted molar refractivity (Wildman–Crippen MR) is 97.5 cm³/mol. The van der Waals surface area contributed by atoms with E-state index in [0.29, 0.717) is 16.8 Å². The number of benzene rings is 1. The van der Waals surface area contributed by atoms with Gasteiger partial charge in [0, 0.05) is 11.9 Å². The standard InChI is InChI=1S/C18H20N4OS/c1-3-13(2)14-7-9-15(10-8-14)19-17(23)12-24-18-21-20-16-6-4-5-11-22(16)18/h4-11,13H,3,12H2,1-2H3,(H,19,23)/t13-/m1/s1. The van der Waals surface area contributed by atoms with Gasteiger partial charge in [-0.2, -0.15) is 0 Å². The topological polar surface area (TPSA) is 59.3 Å². The molecule has 0 unspecified atom stereocenters. The molecular weight excluding hydrogens is 320 g/mol. The van der Waals surface area contributed by atoms with Crippen LogP contribution in [0.1, 0.15) is 31.7 Å². The van der Waals surface area contributed by atoms with Gasteiger partial charge in [-0.1, -0.05) is 43.8 Å². The first-order valence-electron chi connectivity index (χ1n) is 7.99. The van der Waals surface area contributed by atoms with Crippen LogP contribution in [0.5, 0.6) is 0 Å². The van der Waals surface area contributed by atoms with Crippen molar-refractivity contribution in [2.75, 3.05) is 11.1 Å². The highest BCUT2D eigenvalue weighted by molar-refractivity contribution is 7.99. The number of aromatic nitrogens is 3. The molecule has 2 aromatic heterocycles. The molecule has 2 heterocycles. The summed E-state index contributed by atoms with van der Waals surface area (Å²) in [7, 11) is 0. The Morgan fingerprint density at radius 1 is 1.21 bits per heavy atom. The minimum Gasteiger partial charge on any atom is -0.325 e. The monoisotopic (exact) mass is 340 g/mol. The Labute approximate surface area is 145 Å². The van der Waals surface area contributed by atoms with Crippen LogP contribution in [0.4, 0.5) is 5.69 Å². The molecule has 5 nitrogen and oxygen atoms in total. The normalized spacial score (nSPS) is 12.2. The zero-order chi connectivity index (χ0) is 16.9. The number of rotatable bonds is 6. The van der Waals surface area contributed by atoms with Crippen LogP contribution in [0.15, 0.2) is 53.8 Å². The van der Waals surface area contributed by atoms with E-state index >= 15 is 0 Å². The molecule has 0 saturated heterocycles. The summed E-state index contributed by atoms with van der Waals surface area (Å²) in [6, 6.07) is 13.8. The molecule has 6 heteroatoms. The molecule has 0 spiro atoms. The summed E-state index contributed by atoms with van der Waals surface area (Å²) in [4.78, 5) is 12.1. The van der Waals surface area contributed by atoms with Crippen LogP contribution < -0.4 is 5.32 Å². The maximum atomic E-state index is 12.1. The van der Waals surface area contributed by atoms with Crippen molar-refractivity contribution < 1.29 is 4.79 Å². The van der Waals surface area contributed by atoms with E-state index in [2.05, 4.69) is 41.5 Å². The van der Waals surface area contributed by atoms with Crippen molar-refractivity contribution in [3.8, 4) is 0 Å². The van der Waals surface area contributed by atoms with Crippen LogP contribution in [0.25, 0.3) is 5.65 Å². The van der Waals surface area contributed by atoms with Crippen LogP contribution in [0, 0.1) is 0 Å². The zero-order valence-electron chi connectivity index (χ0n) is 13.8. The molecule has 1 atom stereocenters. The molecule has 0 aliphatic heterocycles. The molecule has 1 N–H and O–H groups in total. The van der Waals surface area contributed by atoms with Crippen molar-refractivity contribution in [3.05, 3.63) is 54.2 Å². The lowest BCUT2D eigenvalue weighted by Gasteiger charge is -2.10. The first-order chi connectivity index (χ1) is 11.7. The van der Waals surface area contributed by atoms with Crippen molar-refractivity contribution >= 4 is 29.0 Å². The van der Waals surface area contributed by atoms with Crippen LogP contribution in [0.3, 0.4) is 0 Å². The number of hydrogen-bond donors (Lipinski definition) is 1. The van der Waals surface area contributed by atoms with Crippen LogP contribution >= 0.6 is 11.8 Å². The summed E-state index contributed by atoms with van der Waals surface area (Å²) in [6.07, 6.45) is 3.00. The minimum absolute atomic E-state index is 0.0519. The summed E-state index contributed by atoms with van der Waals surface area (Å²) < 4.78 is 1.87. The summed E-state index contributed by atoms with van der Waals surface area (Å²) in [6.45, 7) is 4.37. The third-order valence-corrected chi connectivity index (χ3v) is 4.93. The number of nitrogens with zero attached hydrogens (tertiary/aromatic N) is 3. The van der Waals surface area contributed by atoms with E-state index < -0.39 is 0 Å². The Bertz CT molecular complexity index is 828. The predicted octanol–water partition coefficient (Wildman–Crippen LogP) is 3.97. The lowest BCUT2D eigenvalue weighted by molar-refractivity contribution is -0.113. The van der Waals surface area contributed by atoms with Gasteiger partial charge in [0.2, 0.25) is 5.91 Å². The van der Waals surface area contributed by atoms with Gasteiger partial charge in [0.25, 0.3) is 0 Å². The number of pyridine rings is 1. The van der Waals surface area contributed by atoms with Gasteiger partial charge >= 0.3 is 0 Å². The average Bonchev–Trinajstić information content (AvgIpc) is 3.03. The highest BCUT2D eigenvalue weighted by Crippen LogP contribution is 2.21. The zero-order valence-corrected chi connectivity index (χ0v) is 14.6. The smallest absolute Gasteiger partial charge is 0.234 e. The minimum atomic E-state index is -0.0519. The highest BCUT2D eigenvalue weighted by Gasteiger charge is 2.09. The molecule has 3 aromatic rings. The average molecular weight is 340 g/mol. The Morgan fingerprint density at radius 2 is 2.00 bits per heavy atom. The van der Waals surface area contributed by atoms with Crippen molar-refractivity contribution in [2.45, 2.75) is 31.3 Å². The third-order valence-electron chi connectivity index (χ3n) is 3.99. The number of carbonyl (C=O) groups excluding carboxylic acids is 1. The number of hydrogen-bond acceptors (Lipinski definition) is 4. The Balaban J connectivity index is 1.57. The van der Waals surface area contributed by atoms with E-state index in [1.807, 2.05) is 40.9 Å². The molecule has 0 fully saturated rings. The number of nitrogens with one attached hydrogen (secondary N) is 1. The Morgan fingerprint density at radius 3 is 2.75 bits per heavy atom. The first kappa shape index (κ1) is 16.5. The number of anilines is 1. The quantitative estimate of drug-likeness (QED) is 0.690. The van der Waals surface area contributed by atoms with Gasteiger partial charge in [-0.05, 0) is 42.2 Å². The summed E-state index contributed by atoms with van der Waals surface area (Å²) in [5, 5.41) is 11.8. The molecular formula is C18H20N4OS. The van der Waals surface area contributed by atoms with Crippen molar-refractivity contribution in [3.63, 3.8) is 0 Å². The van der Waals surface area contributed by atoms with Crippen molar-refractivity contribution in [1.29, 1.82) is 0 Å². The van der Waals surface area contributed by atoms with Gasteiger partial charge in [0.05, 0.1) is 5.75 Å². The molecule has 0 aliphatic carbocycles. The second kappa shape index (κ2) is 7.49. The summed E-state index contributed by atoms with van der Waals surface area (Å²) in [5.41, 5.74) is 2.89. The van der Waals surface area contributed by atoms with E-state index in [-0.39, 0.29) is 5.91 Å². The molecule has 24 heavy (non-hydrogen) atoms. The number of thioether (sulfide) groups is 1. The Kier molecular flexibility index (Phi) is 5.15. The molecule has 0 bridgehead atoms. The second-order valence-electron chi connectivity index (χ2n) is 5.68. The molecule has 1 aromatic carbocycles. The van der Waals surface area contributed by atoms with Gasteiger partial charge in [-0.3, -0.25) is 9.20 Å². The number of carbonyl (C=O) groups is 1. The highest BCUT2D eigenvalue weighted by atomic mass is 32.2. The third kappa shape index (κ3) is 3.76. The largest absolute Gasteiger partial charge is 0.325 e. The maximum absolute atomic E-state index is 12.1. The fourth-order valence-electron chi connectivity index (χ4n) is 2.38. The summed E-state index contributed by atoms with van der Waals surface area (Å²) in [5.74, 6) is 0.776. The molecule has 0 radical (unpaired) electrons. The molecule has 1 amide bonds. The van der Waals surface area contributed by atoms with Crippen LogP contribution in [0.2, 0.25) is 0 Å².